The Kier molecular flexibility index (Phi) is 5.62. The largest absolute Gasteiger partial charge is 0.367 e. The molecule has 0 aliphatic carbocycles. The highest BCUT2D eigenvalue weighted by Crippen LogP contribution is 2.22. The molecule has 0 amide bonds. The van der Waals surface area contributed by atoms with Gasteiger partial charge in [-0.25, -0.2) is 18.4 Å². The minimum Gasteiger partial charge on any atom is -0.367 e. The van der Waals surface area contributed by atoms with Crippen LogP contribution in [0.25, 0.3) is 0 Å². The van der Waals surface area contributed by atoms with Crippen molar-refractivity contribution in [2.24, 2.45) is 0 Å². The number of hydrogen-bond acceptors (Lipinski definition) is 6. The van der Waals surface area contributed by atoms with E-state index in [0.717, 1.165) is 37.4 Å². The van der Waals surface area contributed by atoms with Gasteiger partial charge in [0.15, 0.2) is 0 Å². The van der Waals surface area contributed by atoms with Gasteiger partial charge in [0.25, 0.3) is 0 Å². The highest BCUT2D eigenvalue weighted by Gasteiger charge is 2.21. The van der Waals surface area contributed by atoms with Gasteiger partial charge in [0, 0.05) is 43.4 Å². The molecule has 1 aliphatic heterocycles. The molecule has 1 fully saturated rings. The molecule has 0 spiro atoms. The summed E-state index contributed by atoms with van der Waals surface area (Å²) in [6.45, 7) is 8.89. The van der Waals surface area contributed by atoms with Gasteiger partial charge in [0.1, 0.15) is 22.0 Å². The van der Waals surface area contributed by atoms with Crippen LogP contribution in [0.15, 0.2) is 12.4 Å². The van der Waals surface area contributed by atoms with E-state index in [1.807, 2.05) is 6.07 Å². The van der Waals surface area contributed by atoms with Crippen molar-refractivity contribution in [2.45, 2.75) is 45.1 Å². The smallest absolute Gasteiger partial charge is 0.148 e. The Morgan fingerprint density at radius 1 is 1.26 bits per heavy atom. The summed E-state index contributed by atoms with van der Waals surface area (Å²) in [5.74, 6) is 1.12. The van der Waals surface area contributed by atoms with Gasteiger partial charge < -0.3 is 10.2 Å². The average molecular weight is 340 g/mol. The number of hydrogen-bond donors (Lipinski definition) is 1. The third kappa shape index (κ3) is 6.06. The molecule has 1 aliphatic rings. The molecular weight excluding hydrogens is 312 g/mol. The number of likely N-dealkylation sites (tertiary alicyclic amines) is 1. The van der Waals surface area contributed by atoms with Crippen molar-refractivity contribution in [3.63, 3.8) is 0 Å². The summed E-state index contributed by atoms with van der Waals surface area (Å²) in [6.07, 6.45) is 4.91. The summed E-state index contributed by atoms with van der Waals surface area (Å²) in [6, 6.07) is 2.41. The van der Waals surface area contributed by atoms with E-state index in [9.17, 15) is 8.42 Å². The van der Waals surface area contributed by atoms with E-state index in [2.05, 4.69) is 41.0 Å². The van der Waals surface area contributed by atoms with Crippen LogP contribution in [-0.4, -0.2) is 61.0 Å². The number of piperidine rings is 1. The van der Waals surface area contributed by atoms with E-state index in [0.29, 0.717) is 12.6 Å². The molecule has 0 aromatic carbocycles. The second-order valence-electron chi connectivity index (χ2n) is 7.43. The fraction of sp³-hybridized carbons (Fsp3) is 0.750. The van der Waals surface area contributed by atoms with Crippen LogP contribution in [0.2, 0.25) is 0 Å². The van der Waals surface area contributed by atoms with Crippen molar-refractivity contribution in [2.75, 3.05) is 37.0 Å². The van der Waals surface area contributed by atoms with Crippen molar-refractivity contribution >= 4 is 15.7 Å². The molecule has 0 atom stereocenters. The number of anilines is 1. The molecule has 1 aromatic heterocycles. The summed E-state index contributed by atoms with van der Waals surface area (Å²) in [5, 5.41) is 3.49. The molecule has 0 unspecified atom stereocenters. The van der Waals surface area contributed by atoms with Crippen LogP contribution in [0, 0.1) is 0 Å². The molecular formula is C16H28N4O2S. The summed E-state index contributed by atoms with van der Waals surface area (Å²) in [7, 11) is -2.88. The maximum atomic E-state index is 11.2. The number of aromatic nitrogens is 2. The molecule has 130 valence electrons. The Morgan fingerprint density at radius 3 is 2.48 bits per heavy atom. The van der Waals surface area contributed by atoms with Gasteiger partial charge in [-0.3, -0.25) is 0 Å². The third-order valence-electron chi connectivity index (χ3n) is 4.15. The van der Waals surface area contributed by atoms with Crippen LogP contribution in [-0.2, 0) is 15.3 Å². The summed E-state index contributed by atoms with van der Waals surface area (Å²) < 4.78 is 22.5. The molecule has 2 heterocycles. The summed E-state index contributed by atoms with van der Waals surface area (Å²) in [4.78, 5) is 10.9. The Morgan fingerprint density at radius 2 is 1.91 bits per heavy atom. The third-order valence-corrected chi connectivity index (χ3v) is 5.08. The van der Waals surface area contributed by atoms with Crippen LogP contribution >= 0.6 is 0 Å². The number of rotatable bonds is 5. The van der Waals surface area contributed by atoms with Crippen LogP contribution in [0.4, 0.5) is 5.82 Å². The minimum absolute atomic E-state index is 0.00831. The van der Waals surface area contributed by atoms with E-state index in [-0.39, 0.29) is 11.2 Å². The Balaban J connectivity index is 1.85. The van der Waals surface area contributed by atoms with Crippen molar-refractivity contribution < 1.29 is 8.42 Å². The normalized spacial score (nSPS) is 18.1. The predicted octanol–water partition coefficient (Wildman–Crippen LogP) is 1.69. The van der Waals surface area contributed by atoms with Gasteiger partial charge in [-0.05, 0) is 12.8 Å². The quantitative estimate of drug-likeness (QED) is 0.879. The first-order valence-corrected chi connectivity index (χ1v) is 10.2. The van der Waals surface area contributed by atoms with Gasteiger partial charge in [-0.15, -0.1) is 0 Å². The summed E-state index contributed by atoms with van der Waals surface area (Å²) in [5.41, 5.74) is 1.04. The second kappa shape index (κ2) is 7.13. The van der Waals surface area contributed by atoms with Crippen LogP contribution in [0.1, 0.15) is 39.3 Å². The highest BCUT2D eigenvalue weighted by molar-refractivity contribution is 7.90. The SMILES string of the molecule is CC(C)(C)c1cc(NC2CCN(CCS(C)(=O)=O)CC2)ncn1. The van der Waals surface area contributed by atoms with Gasteiger partial charge in [0.2, 0.25) is 0 Å². The van der Waals surface area contributed by atoms with E-state index < -0.39 is 9.84 Å². The second-order valence-corrected chi connectivity index (χ2v) is 9.69. The van der Waals surface area contributed by atoms with Gasteiger partial charge in [-0.2, -0.15) is 0 Å². The molecule has 0 radical (unpaired) electrons. The standard InChI is InChI=1S/C16H28N4O2S/c1-16(2,3)14-11-15(18-12-17-14)19-13-5-7-20(8-6-13)9-10-23(4,21)22/h11-13H,5-10H2,1-4H3,(H,17,18,19). The van der Waals surface area contributed by atoms with Crippen LogP contribution in [0.5, 0.6) is 0 Å². The lowest BCUT2D eigenvalue weighted by atomic mass is 9.92. The number of nitrogens with one attached hydrogen (secondary N) is 1. The maximum Gasteiger partial charge on any atom is 0.148 e. The Bertz CT molecular complexity index is 617. The molecule has 0 saturated carbocycles. The molecule has 6 nitrogen and oxygen atoms in total. The molecule has 23 heavy (non-hydrogen) atoms. The molecule has 7 heteroatoms. The maximum absolute atomic E-state index is 11.2. The fourth-order valence-corrected chi connectivity index (χ4v) is 3.24. The van der Waals surface area contributed by atoms with Crippen molar-refractivity contribution in [1.29, 1.82) is 0 Å². The fourth-order valence-electron chi connectivity index (χ4n) is 2.65. The predicted molar refractivity (Wildman–Crippen MR) is 93.5 cm³/mol. The van der Waals surface area contributed by atoms with Crippen molar-refractivity contribution in [1.82, 2.24) is 14.9 Å². The van der Waals surface area contributed by atoms with E-state index in [1.165, 1.54) is 6.26 Å². The highest BCUT2D eigenvalue weighted by atomic mass is 32.2. The average Bonchev–Trinajstić information content (AvgIpc) is 2.45. The lowest BCUT2D eigenvalue weighted by Gasteiger charge is -2.32. The lowest BCUT2D eigenvalue weighted by molar-refractivity contribution is 0.230. The van der Waals surface area contributed by atoms with Gasteiger partial charge in [-0.1, -0.05) is 20.8 Å². The van der Waals surface area contributed by atoms with E-state index in [1.54, 1.807) is 6.33 Å². The molecule has 0 bridgehead atoms. The van der Waals surface area contributed by atoms with Crippen LogP contribution in [0.3, 0.4) is 0 Å². The Hall–Kier alpha value is -1.21. The summed E-state index contributed by atoms with van der Waals surface area (Å²) >= 11 is 0. The zero-order valence-corrected chi connectivity index (χ0v) is 15.4. The number of nitrogens with zero attached hydrogens (tertiary/aromatic N) is 3. The monoisotopic (exact) mass is 340 g/mol. The zero-order valence-electron chi connectivity index (χ0n) is 14.5. The molecule has 1 N–H and O–H groups in total. The minimum atomic E-state index is -2.88. The van der Waals surface area contributed by atoms with E-state index >= 15 is 0 Å². The lowest BCUT2D eigenvalue weighted by Crippen LogP contribution is -2.41. The molecule has 1 aromatic rings. The van der Waals surface area contributed by atoms with Gasteiger partial charge in [0.05, 0.1) is 11.4 Å². The first-order chi connectivity index (χ1) is 10.6. The number of sulfone groups is 1. The first kappa shape index (κ1) is 18.1. The molecule has 2 rings (SSSR count). The van der Waals surface area contributed by atoms with E-state index in [4.69, 9.17) is 0 Å². The van der Waals surface area contributed by atoms with Crippen LogP contribution < -0.4 is 5.32 Å². The van der Waals surface area contributed by atoms with Crippen molar-refractivity contribution in [3.05, 3.63) is 18.1 Å². The first-order valence-electron chi connectivity index (χ1n) is 8.13. The molecule has 1 saturated heterocycles. The Labute approximate surface area is 139 Å². The topological polar surface area (TPSA) is 75.2 Å². The van der Waals surface area contributed by atoms with Gasteiger partial charge >= 0.3 is 0 Å². The zero-order chi connectivity index (χ0) is 17.1. The van der Waals surface area contributed by atoms with Crippen molar-refractivity contribution in [3.8, 4) is 0 Å².